The van der Waals surface area contributed by atoms with Crippen molar-refractivity contribution in [1.82, 2.24) is 15.0 Å². The van der Waals surface area contributed by atoms with Crippen LogP contribution in [0, 0.1) is 0 Å². The molecule has 0 amide bonds. The Bertz CT molecular complexity index is 830. The molecule has 3 rings (SSSR count). The van der Waals surface area contributed by atoms with Gasteiger partial charge in [-0.2, -0.15) is 4.98 Å². The first-order chi connectivity index (χ1) is 12.1. The molecule has 0 aliphatic heterocycles. The van der Waals surface area contributed by atoms with Gasteiger partial charge >= 0.3 is 0 Å². The molecule has 6 nitrogen and oxygen atoms in total. The third-order valence-electron chi connectivity index (χ3n) is 4.13. The second kappa shape index (κ2) is 9.26. The van der Waals surface area contributed by atoms with Crippen molar-refractivity contribution in [1.29, 1.82) is 0 Å². The standard InChI is InChI=1S/C18H24ClN5O.ClH/c1-3-4-7-13-14(9-11(2)20)22-17-15(13)16(23-18(19)24-17)21-10-12-6-5-8-25-12;/h5-6,8,11H,3-4,7,9-10,20H2,1-2H3,(H2,21,22,23,24);1H. The maximum atomic E-state index is 6.13. The molecule has 3 heterocycles. The fourth-order valence-electron chi connectivity index (χ4n) is 3.02. The first-order valence-corrected chi connectivity index (χ1v) is 9.05. The molecule has 0 aliphatic rings. The third kappa shape index (κ3) is 4.69. The summed E-state index contributed by atoms with van der Waals surface area (Å²) in [6.07, 6.45) is 5.60. The predicted octanol–water partition coefficient (Wildman–Crippen LogP) is 4.47. The number of aromatic nitrogens is 3. The molecule has 3 aromatic heterocycles. The summed E-state index contributed by atoms with van der Waals surface area (Å²) in [6, 6.07) is 3.85. The van der Waals surface area contributed by atoms with Crippen LogP contribution < -0.4 is 11.1 Å². The van der Waals surface area contributed by atoms with E-state index >= 15 is 0 Å². The smallest absolute Gasteiger partial charge is 0.226 e. The van der Waals surface area contributed by atoms with Gasteiger partial charge in [0.15, 0.2) is 0 Å². The van der Waals surface area contributed by atoms with Gasteiger partial charge in [0.25, 0.3) is 0 Å². The number of nitrogens with zero attached hydrogens (tertiary/aromatic N) is 2. The lowest BCUT2D eigenvalue weighted by molar-refractivity contribution is 0.518. The molecule has 0 aromatic carbocycles. The second-order valence-electron chi connectivity index (χ2n) is 6.36. The van der Waals surface area contributed by atoms with Crippen molar-refractivity contribution in [3.05, 3.63) is 40.7 Å². The second-order valence-corrected chi connectivity index (χ2v) is 6.70. The highest BCUT2D eigenvalue weighted by Crippen LogP contribution is 2.30. The monoisotopic (exact) mass is 397 g/mol. The van der Waals surface area contributed by atoms with Crippen LogP contribution in [0.5, 0.6) is 0 Å². The molecule has 0 spiro atoms. The summed E-state index contributed by atoms with van der Waals surface area (Å²) in [5.74, 6) is 1.56. The molecule has 0 radical (unpaired) electrons. The van der Waals surface area contributed by atoms with E-state index in [9.17, 15) is 0 Å². The summed E-state index contributed by atoms with van der Waals surface area (Å²) >= 11 is 6.13. The number of halogens is 2. The largest absolute Gasteiger partial charge is 0.467 e. The van der Waals surface area contributed by atoms with Crippen molar-refractivity contribution in [3.8, 4) is 0 Å². The minimum atomic E-state index is 0. The minimum Gasteiger partial charge on any atom is -0.467 e. The number of nitrogens with one attached hydrogen (secondary N) is 2. The number of aromatic amines is 1. The van der Waals surface area contributed by atoms with Crippen LogP contribution in [0.4, 0.5) is 5.82 Å². The molecule has 0 aliphatic carbocycles. The quantitative estimate of drug-likeness (QED) is 0.487. The van der Waals surface area contributed by atoms with Gasteiger partial charge in [-0.15, -0.1) is 12.4 Å². The molecular weight excluding hydrogens is 373 g/mol. The van der Waals surface area contributed by atoms with Crippen molar-refractivity contribution in [2.45, 2.75) is 52.1 Å². The van der Waals surface area contributed by atoms with Crippen molar-refractivity contribution in [2.24, 2.45) is 5.73 Å². The van der Waals surface area contributed by atoms with Crippen LogP contribution in [0.25, 0.3) is 11.0 Å². The Hall–Kier alpha value is -1.76. The van der Waals surface area contributed by atoms with Gasteiger partial charge in [-0.25, -0.2) is 4.98 Å². The number of furan rings is 1. The number of nitrogens with two attached hydrogens (primary N) is 1. The van der Waals surface area contributed by atoms with Crippen LogP contribution in [-0.2, 0) is 19.4 Å². The molecule has 0 bridgehead atoms. The predicted molar refractivity (Wildman–Crippen MR) is 108 cm³/mol. The normalized spacial score (nSPS) is 12.2. The molecular formula is C18H25Cl2N5O. The number of unbranched alkanes of at least 4 members (excludes halogenated alkanes) is 1. The highest BCUT2D eigenvalue weighted by atomic mass is 35.5. The third-order valence-corrected chi connectivity index (χ3v) is 4.30. The van der Waals surface area contributed by atoms with Crippen molar-refractivity contribution in [2.75, 3.05) is 5.32 Å². The van der Waals surface area contributed by atoms with Crippen molar-refractivity contribution < 1.29 is 4.42 Å². The lowest BCUT2D eigenvalue weighted by Crippen LogP contribution is -2.18. The lowest BCUT2D eigenvalue weighted by atomic mass is 10.0. The molecule has 142 valence electrons. The van der Waals surface area contributed by atoms with Crippen molar-refractivity contribution >= 4 is 40.9 Å². The molecule has 8 heteroatoms. The summed E-state index contributed by atoms with van der Waals surface area (Å²) in [6.45, 7) is 4.73. The first-order valence-electron chi connectivity index (χ1n) is 8.67. The van der Waals surface area contributed by atoms with E-state index in [2.05, 4.69) is 27.2 Å². The SMILES string of the molecule is CCCCc1c(CC(C)N)[nH]c2nc(Cl)nc(NCc3ccco3)c12.Cl. The van der Waals surface area contributed by atoms with Gasteiger partial charge in [0, 0.05) is 18.2 Å². The number of H-pyrrole nitrogens is 1. The summed E-state index contributed by atoms with van der Waals surface area (Å²) < 4.78 is 5.39. The average Bonchev–Trinajstić information content (AvgIpc) is 3.17. The van der Waals surface area contributed by atoms with Crippen LogP contribution in [0.3, 0.4) is 0 Å². The van der Waals surface area contributed by atoms with E-state index in [1.54, 1.807) is 6.26 Å². The minimum absolute atomic E-state index is 0. The van der Waals surface area contributed by atoms with Crippen molar-refractivity contribution in [3.63, 3.8) is 0 Å². The molecule has 1 unspecified atom stereocenters. The van der Waals surface area contributed by atoms with Gasteiger partial charge in [-0.3, -0.25) is 0 Å². The van der Waals surface area contributed by atoms with Gasteiger partial charge in [0.2, 0.25) is 5.28 Å². The highest BCUT2D eigenvalue weighted by molar-refractivity contribution is 6.28. The Kier molecular flexibility index (Phi) is 7.32. The van der Waals surface area contributed by atoms with E-state index in [0.29, 0.717) is 6.54 Å². The Morgan fingerprint density at radius 3 is 2.85 bits per heavy atom. The Morgan fingerprint density at radius 2 is 2.19 bits per heavy atom. The van der Waals surface area contributed by atoms with Crippen LogP contribution in [0.15, 0.2) is 22.8 Å². The summed E-state index contributed by atoms with van der Waals surface area (Å²) in [7, 11) is 0. The molecule has 0 fully saturated rings. The van der Waals surface area contributed by atoms with E-state index in [4.69, 9.17) is 21.8 Å². The van der Waals surface area contributed by atoms with Gasteiger partial charge in [0.05, 0.1) is 18.2 Å². The van der Waals surface area contributed by atoms with E-state index in [-0.39, 0.29) is 23.7 Å². The van der Waals surface area contributed by atoms with Gasteiger partial charge in [-0.05, 0) is 49.1 Å². The van der Waals surface area contributed by atoms with E-state index < -0.39 is 0 Å². The molecule has 4 N–H and O–H groups in total. The van der Waals surface area contributed by atoms with Gasteiger partial charge < -0.3 is 20.5 Å². The molecule has 26 heavy (non-hydrogen) atoms. The summed E-state index contributed by atoms with van der Waals surface area (Å²) in [5, 5.41) is 4.55. The fraction of sp³-hybridized carbons (Fsp3) is 0.444. The zero-order valence-corrected chi connectivity index (χ0v) is 16.6. The summed E-state index contributed by atoms with van der Waals surface area (Å²) in [4.78, 5) is 12.2. The zero-order chi connectivity index (χ0) is 17.8. The molecule has 1 atom stereocenters. The Labute approximate surface area is 164 Å². The summed E-state index contributed by atoms with van der Waals surface area (Å²) in [5.41, 5.74) is 9.13. The van der Waals surface area contributed by atoms with Crippen LogP contribution in [-0.4, -0.2) is 21.0 Å². The zero-order valence-electron chi connectivity index (χ0n) is 15.0. The van der Waals surface area contributed by atoms with Gasteiger partial charge in [-0.1, -0.05) is 13.3 Å². The lowest BCUT2D eigenvalue weighted by Gasteiger charge is -2.09. The Balaban J connectivity index is 0.00000243. The van der Waals surface area contributed by atoms with Crippen LogP contribution in [0.2, 0.25) is 5.28 Å². The number of fused-ring (bicyclic) bond motifs is 1. The fourth-order valence-corrected chi connectivity index (χ4v) is 3.19. The average molecular weight is 398 g/mol. The van der Waals surface area contributed by atoms with Crippen LogP contribution in [0.1, 0.15) is 43.7 Å². The maximum Gasteiger partial charge on any atom is 0.226 e. The number of anilines is 1. The van der Waals surface area contributed by atoms with Crippen LogP contribution >= 0.6 is 24.0 Å². The van der Waals surface area contributed by atoms with E-state index in [1.165, 1.54) is 5.56 Å². The molecule has 3 aromatic rings. The maximum absolute atomic E-state index is 6.13. The van der Waals surface area contributed by atoms with E-state index in [1.807, 2.05) is 19.1 Å². The number of hydrogen-bond acceptors (Lipinski definition) is 5. The van der Waals surface area contributed by atoms with E-state index in [0.717, 1.165) is 54.0 Å². The number of aryl methyl sites for hydroxylation is 1. The Morgan fingerprint density at radius 1 is 1.38 bits per heavy atom. The molecule has 0 saturated carbocycles. The number of rotatable bonds is 8. The highest BCUT2D eigenvalue weighted by Gasteiger charge is 2.18. The topological polar surface area (TPSA) is 92.8 Å². The number of hydrogen-bond donors (Lipinski definition) is 3. The van der Waals surface area contributed by atoms with Gasteiger partial charge in [0.1, 0.15) is 17.2 Å². The molecule has 0 saturated heterocycles. The first kappa shape index (κ1) is 20.6.